The standard InChI is InChI=1S/C18H32N4O2S2.HI/c1-3-19-17(20-12-8-13-22-26(2,23)24)21-15-18(10-5-4-6-11-18)16-9-7-14-25-16;/h7,9,14,22H,3-6,8,10-13,15H2,1-2H3,(H2,19,20,21);1H. The van der Waals surface area contributed by atoms with Gasteiger partial charge >= 0.3 is 0 Å². The van der Waals surface area contributed by atoms with Crippen molar-refractivity contribution < 1.29 is 8.42 Å². The molecule has 3 N–H and O–H groups in total. The maximum atomic E-state index is 11.1. The number of nitrogens with one attached hydrogen (secondary N) is 3. The quantitative estimate of drug-likeness (QED) is 0.199. The number of sulfonamides is 1. The van der Waals surface area contributed by atoms with Gasteiger partial charge in [0.2, 0.25) is 10.0 Å². The third-order valence-electron chi connectivity index (χ3n) is 4.75. The van der Waals surface area contributed by atoms with Crippen molar-refractivity contribution in [2.45, 2.75) is 50.9 Å². The van der Waals surface area contributed by atoms with E-state index in [2.05, 4.69) is 39.8 Å². The van der Waals surface area contributed by atoms with Gasteiger partial charge in [-0.15, -0.1) is 35.3 Å². The van der Waals surface area contributed by atoms with Crippen LogP contribution in [-0.2, 0) is 15.4 Å². The first kappa shape index (κ1) is 24.6. The van der Waals surface area contributed by atoms with Crippen molar-refractivity contribution in [1.29, 1.82) is 0 Å². The summed E-state index contributed by atoms with van der Waals surface area (Å²) in [5.41, 5.74) is 0.173. The Kier molecular flexibility index (Phi) is 11.2. The van der Waals surface area contributed by atoms with E-state index in [1.807, 2.05) is 11.3 Å². The molecule has 2 rings (SSSR count). The predicted molar refractivity (Wildman–Crippen MR) is 126 cm³/mol. The van der Waals surface area contributed by atoms with E-state index in [1.54, 1.807) is 0 Å². The van der Waals surface area contributed by atoms with Gasteiger partial charge in [0.25, 0.3) is 0 Å². The number of guanidine groups is 1. The van der Waals surface area contributed by atoms with Crippen LogP contribution < -0.4 is 15.4 Å². The van der Waals surface area contributed by atoms with E-state index < -0.39 is 10.0 Å². The van der Waals surface area contributed by atoms with E-state index in [0.717, 1.165) is 19.0 Å². The molecular formula is C18H33IN4O2S2. The topological polar surface area (TPSA) is 82.6 Å². The lowest BCUT2D eigenvalue weighted by Crippen LogP contribution is -2.40. The number of rotatable bonds is 9. The number of thiophene rings is 1. The molecule has 1 saturated carbocycles. The maximum absolute atomic E-state index is 11.1. The molecule has 1 aliphatic rings. The molecule has 0 bridgehead atoms. The van der Waals surface area contributed by atoms with Crippen molar-refractivity contribution in [3.8, 4) is 0 Å². The first-order valence-corrected chi connectivity index (χ1v) is 12.2. The minimum atomic E-state index is -3.12. The highest BCUT2D eigenvalue weighted by Crippen LogP contribution is 2.41. The molecular weight excluding hydrogens is 495 g/mol. The molecule has 1 aromatic heterocycles. The smallest absolute Gasteiger partial charge is 0.208 e. The molecule has 9 heteroatoms. The van der Waals surface area contributed by atoms with Crippen LogP contribution in [0.3, 0.4) is 0 Å². The minimum Gasteiger partial charge on any atom is -0.357 e. The fourth-order valence-electron chi connectivity index (χ4n) is 3.42. The molecule has 0 unspecified atom stereocenters. The van der Waals surface area contributed by atoms with Crippen LogP contribution >= 0.6 is 35.3 Å². The molecule has 1 aliphatic carbocycles. The van der Waals surface area contributed by atoms with Crippen LogP contribution in [0, 0.1) is 0 Å². The Bertz CT molecular complexity index is 657. The average molecular weight is 529 g/mol. The zero-order valence-corrected chi connectivity index (χ0v) is 20.3. The lowest BCUT2D eigenvalue weighted by atomic mass is 9.73. The molecule has 0 spiro atoms. The van der Waals surface area contributed by atoms with Gasteiger partial charge in [-0.1, -0.05) is 25.3 Å². The molecule has 27 heavy (non-hydrogen) atoms. The van der Waals surface area contributed by atoms with Crippen molar-refractivity contribution >= 4 is 51.3 Å². The van der Waals surface area contributed by atoms with Gasteiger partial charge in [0, 0.05) is 29.9 Å². The molecule has 0 aliphatic heterocycles. The summed E-state index contributed by atoms with van der Waals surface area (Å²) in [5, 5.41) is 8.77. The van der Waals surface area contributed by atoms with Crippen molar-refractivity contribution in [3.05, 3.63) is 22.4 Å². The second kappa shape index (κ2) is 12.2. The van der Waals surface area contributed by atoms with Crippen molar-refractivity contribution in [3.63, 3.8) is 0 Å². The van der Waals surface area contributed by atoms with Gasteiger partial charge in [-0.25, -0.2) is 13.1 Å². The summed E-state index contributed by atoms with van der Waals surface area (Å²) in [4.78, 5) is 6.33. The fraction of sp³-hybridized carbons (Fsp3) is 0.722. The second-order valence-electron chi connectivity index (χ2n) is 6.96. The van der Waals surface area contributed by atoms with Crippen molar-refractivity contribution in [1.82, 2.24) is 15.4 Å². The summed E-state index contributed by atoms with van der Waals surface area (Å²) >= 11 is 1.84. The van der Waals surface area contributed by atoms with E-state index in [0.29, 0.717) is 19.5 Å². The number of hydrogen-bond acceptors (Lipinski definition) is 4. The average Bonchev–Trinajstić information content (AvgIpc) is 3.14. The zero-order valence-electron chi connectivity index (χ0n) is 16.3. The number of halogens is 1. The fourth-order valence-corrected chi connectivity index (χ4v) is 4.91. The molecule has 0 amide bonds. The van der Waals surface area contributed by atoms with Gasteiger partial charge in [-0.2, -0.15) is 0 Å². The number of aliphatic imine (C=N–C) groups is 1. The summed E-state index contributed by atoms with van der Waals surface area (Å²) in [6.07, 6.45) is 8.17. The molecule has 156 valence electrons. The molecule has 0 saturated heterocycles. The molecule has 0 atom stereocenters. The third-order valence-corrected chi connectivity index (χ3v) is 6.59. The summed E-state index contributed by atoms with van der Waals surface area (Å²) in [6.45, 7) is 4.77. The van der Waals surface area contributed by atoms with E-state index in [4.69, 9.17) is 4.99 Å². The highest BCUT2D eigenvalue weighted by Gasteiger charge is 2.34. The maximum Gasteiger partial charge on any atom is 0.208 e. The van der Waals surface area contributed by atoms with E-state index >= 15 is 0 Å². The molecule has 1 fully saturated rings. The lowest BCUT2D eigenvalue weighted by molar-refractivity contribution is 0.306. The molecule has 1 aromatic rings. The van der Waals surface area contributed by atoms with E-state index in [9.17, 15) is 8.42 Å². The van der Waals surface area contributed by atoms with Gasteiger partial charge < -0.3 is 10.6 Å². The number of hydrogen-bond donors (Lipinski definition) is 3. The number of nitrogens with zero attached hydrogens (tertiary/aromatic N) is 1. The largest absolute Gasteiger partial charge is 0.357 e. The van der Waals surface area contributed by atoms with Gasteiger partial charge in [-0.3, -0.25) is 4.99 Å². The van der Waals surface area contributed by atoms with Crippen molar-refractivity contribution in [2.24, 2.45) is 4.99 Å². The highest BCUT2D eigenvalue weighted by molar-refractivity contribution is 14.0. The lowest BCUT2D eigenvalue weighted by Gasteiger charge is -2.35. The molecule has 0 radical (unpaired) electrons. The van der Waals surface area contributed by atoms with Crippen LogP contribution in [0.5, 0.6) is 0 Å². The van der Waals surface area contributed by atoms with Gasteiger partial charge in [0.15, 0.2) is 5.96 Å². The SMILES string of the molecule is CCNC(=NCC1(c2cccs2)CCCCC1)NCCCNS(C)(=O)=O.I. The second-order valence-corrected chi connectivity index (χ2v) is 9.74. The van der Waals surface area contributed by atoms with Crippen LogP contribution in [0.15, 0.2) is 22.5 Å². The van der Waals surface area contributed by atoms with Crippen LogP contribution in [0.4, 0.5) is 0 Å². The Hall–Kier alpha value is -0.390. The highest BCUT2D eigenvalue weighted by atomic mass is 127. The molecule has 0 aromatic carbocycles. The molecule has 6 nitrogen and oxygen atoms in total. The minimum absolute atomic E-state index is 0. The van der Waals surface area contributed by atoms with Crippen LogP contribution in [-0.4, -0.2) is 46.8 Å². The van der Waals surface area contributed by atoms with E-state index in [1.165, 1.54) is 43.2 Å². The normalized spacial score (nSPS) is 17.2. The Morgan fingerprint density at radius 3 is 2.56 bits per heavy atom. The van der Waals surface area contributed by atoms with Gasteiger partial charge in [0.05, 0.1) is 12.8 Å². The van der Waals surface area contributed by atoms with Crippen LogP contribution in [0.1, 0.15) is 50.3 Å². The third kappa shape index (κ3) is 8.66. The van der Waals surface area contributed by atoms with Crippen LogP contribution in [0.25, 0.3) is 0 Å². The Morgan fingerprint density at radius 1 is 1.22 bits per heavy atom. The summed E-state index contributed by atoms with van der Waals surface area (Å²) in [5.74, 6) is 0.813. The Morgan fingerprint density at radius 2 is 1.96 bits per heavy atom. The summed E-state index contributed by atoms with van der Waals surface area (Å²) in [6, 6.07) is 4.39. The van der Waals surface area contributed by atoms with Gasteiger partial charge in [0.1, 0.15) is 0 Å². The summed E-state index contributed by atoms with van der Waals surface area (Å²) in [7, 11) is -3.12. The summed E-state index contributed by atoms with van der Waals surface area (Å²) < 4.78 is 24.7. The Labute approximate surface area is 185 Å². The zero-order chi connectivity index (χ0) is 18.9. The first-order chi connectivity index (χ1) is 12.5. The van der Waals surface area contributed by atoms with Gasteiger partial charge in [-0.05, 0) is 37.6 Å². The Balaban J connectivity index is 0.00000364. The predicted octanol–water partition coefficient (Wildman–Crippen LogP) is 3.06. The van der Waals surface area contributed by atoms with Crippen LogP contribution in [0.2, 0.25) is 0 Å². The first-order valence-electron chi connectivity index (χ1n) is 9.46. The van der Waals surface area contributed by atoms with E-state index in [-0.39, 0.29) is 29.4 Å². The monoisotopic (exact) mass is 528 g/mol. The molecule has 1 heterocycles. The van der Waals surface area contributed by atoms with Crippen molar-refractivity contribution in [2.75, 3.05) is 32.4 Å².